The third-order valence-corrected chi connectivity index (χ3v) is 6.05. The number of hydrogen-bond acceptors (Lipinski definition) is 9. The average molecular weight is 507 g/mol. The number of rotatable bonds is 10. The van der Waals surface area contributed by atoms with Crippen molar-refractivity contribution in [1.82, 2.24) is 29.9 Å². The molecule has 3 N–H and O–H groups in total. The summed E-state index contributed by atoms with van der Waals surface area (Å²) in [7, 11) is 0. The van der Waals surface area contributed by atoms with E-state index in [1.807, 2.05) is 18.2 Å². The number of anilines is 2. The van der Waals surface area contributed by atoms with Gasteiger partial charge in [-0.2, -0.15) is 0 Å². The van der Waals surface area contributed by atoms with Gasteiger partial charge in [-0.3, -0.25) is 9.69 Å². The first-order valence-electron chi connectivity index (χ1n) is 12.0. The summed E-state index contributed by atoms with van der Waals surface area (Å²) in [5.41, 5.74) is 6.64. The molecule has 1 unspecified atom stereocenters. The highest BCUT2D eigenvalue weighted by atomic mass is 19.1. The van der Waals surface area contributed by atoms with Crippen molar-refractivity contribution < 1.29 is 18.7 Å². The Morgan fingerprint density at radius 1 is 1.19 bits per heavy atom. The molecule has 1 aliphatic heterocycles. The number of nitrogens with zero attached hydrogens (tertiary/aromatic N) is 6. The first kappa shape index (κ1) is 24.5. The van der Waals surface area contributed by atoms with Crippen LogP contribution in [0.3, 0.4) is 0 Å². The van der Waals surface area contributed by atoms with E-state index in [1.54, 1.807) is 6.07 Å². The second-order valence-electron chi connectivity index (χ2n) is 8.63. The lowest BCUT2D eigenvalue weighted by atomic mass is 10.1. The van der Waals surface area contributed by atoms with E-state index in [9.17, 15) is 9.18 Å². The minimum absolute atomic E-state index is 0.339. The molecule has 4 aromatic rings. The minimum atomic E-state index is -1.01. The normalized spacial score (nSPS) is 14.9. The smallest absolute Gasteiger partial charge is 0.246 e. The molecule has 1 fully saturated rings. The molecule has 2 aromatic carbocycles. The fourth-order valence-corrected chi connectivity index (χ4v) is 4.23. The lowest BCUT2D eigenvalue weighted by Crippen LogP contribution is -2.37. The lowest BCUT2D eigenvalue weighted by molar-refractivity contribution is -0.120. The van der Waals surface area contributed by atoms with Gasteiger partial charge < -0.3 is 20.5 Å². The SMILES string of the molecule is NC(=O)C(c1cccc(F)c1)n1cc(Nc2ncnc3cc(OCCCN4CCOCC4)ccc23)nn1. The van der Waals surface area contributed by atoms with E-state index >= 15 is 0 Å². The van der Waals surface area contributed by atoms with E-state index in [0.717, 1.165) is 50.4 Å². The van der Waals surface area contributed by atoms with Crippen LogP contribution in [0, 0.1) is 5.82 Å². The molecule has 3 heterocycles. The Morgan fingerprint density at radius 2 is 2.05 bits per heavy atom. The number of carbonyl (C=O) groups excluding carboxylic acids is 1. The Labute approximate surface area is 212 Å². The van der Waals surface area contributed by atoms with Crippen molar-refractivity contribution in [1.29, 1.82) is 0 Å². The summed E-state index contributed by atoms with van der Waals surface area (Å²) >= 11 is 0. The topological polar surface area (TPSA) is 133 Å². The minimum Gasteiger partial charge on any atom is -0.493 e. The van der Waals surface area contributed by atoms with Crippen LogP contribution in [-0.4, -0.2) is 75.2 Å². The quantitative estimate of drug-likeness (QED) is 0.311. The summed E-state index contributed by atoms with van der Waals surface area (Å²) in [6.07, 6.45) is 3.88. The van der Waals surface area contributed by atoms with Crippen LogP contribution in [0.1, 0.15) is 18.0 Å². The van der Waals surface area contributed by atoms with Gasteiger partial charge in [-0.1, -0.05) is 17.3 Å². The molecule has 1 aliphatic rings. The van der Waals surface area contributed by atoms with Gasteiger partial charge in [0.1, 0.15) is 23.7 Å². The molecule has 0 aliphatic carbocycles. The van der Waals surface area contributed by atoms with E-state index in [4.69, 9.17) is 15.2 Å². The fraction of sp³-hybridized carbons (Fsp3) is 0.320. The summed E-state index contributed by atoms with van der Waals surface area (Å²) in [6, 6.07) is 10.2. The average Bonchev–Trinajstić information content (AvgIpc) is 3.35. The molecule has 2 aromatic heterocycles. The summed E-state index contributed by atoms with van der Waals surface area (Å²) < 4.78 is 26.3. The second kappa shape index (κ2) is 11.3. The van der Waals surface area contributed by atoms with E-state index in [0.29, 0.717) is 29.3 Å². The maximum Gasteiger partial charge on any atom is 0.246 e. The third-order valence-electron chi connectivity index (χ3n) is 6.05. The molecular weight excluding hydrogens is 479 g/mol. The summed E-state index contributed by atoms with van der Waals surface area (Å²) in [5.74, 6) is 0.412. The number of nitrogens with two attached hydrogens (primary N) is 1. The monoisotopic (exact) mass is 506 g/mol. The predicted octanol–water partition coefficient (Wildman–Crippen LogP) is 2.28. The Kier molecular flexibility index (Phi) is 7.47. The van der Waals surface area contributed by atoms with Crippen molar-refractivity contribution in [3.05, 3.63) is 66.4 Å². The van der Waals surface area contributed by atoms with Crippen molar-refractivity contribution in [2.75, 3.05) is 44.8 Å². The lowest BCUT2D eigenvalue weighted by Gasteiger charge is -2.26. The molecule has 0 spiro atoms. The second-order valence-corrected chi connectivity index (χ2v) is 8.63. The van der Waals surface area contributed by atoms with Crippen LogP contribution in [0.2, 0.25) is 0 Å². The van der Waals surface area contributed by atoms with E-state index < -0.39 is 17.8 Å². The largest absolute Gasteiger partial charge is 0.493 e. The predicted molar refractivity (Wildman–Crippen MR) is 134 cm³/mol. The number of amides is 1. The Hall–Kier alpha value is -4.16. The van der Waals surface area contributed by atoms with Gasteiger partial charge in [-0.15, -0.1) is 5.10 Å². The van der Waals surface area contributed by atoms with Crippen LogP contribution in [0.4, 0.5) is 16.0 Å². The number of carbonyl (C=O) groups is 1. The highest BCUT2D eigenvalue weighted by molar-refractivity contribution is 5.91. The molecule has 1 saturated heterocycles. The molecule has 11 nitrogen and oxygen atoms in total. The molecule has 0 radical (unpaired) electrons. The summed E-state index contributed by atoms with van der Waals surface area (Å²) in [6.45, 7) is 5.08. The number of aromatic nitrogens is 5. The number of morpholine rings is 1. The Balaban J connectivity index is 1.26. The fourth-order valence-electron chi connectivity index (χ4n) is 4.23. The van der Waals surface area contributed by atoms with Crippen molar-refractivity contribution in [3.8, 4) is 5.75 Å². The number of ether oxygens (including phenoxy) is 2. The summed E-state index contributed by atoms with van der Waals surface area (Å²) in [5, 5.41) is 12.0. The van der Waals surface area contributed by atoms with Gasteiger partial charge in [0.2, 0.25) is 5.91 Å². The number of halogens is 1. The first-order valence-corrected chi connectivity index (χ1v) is 12.0. The van der Waals surface area contributed by atoms with Crippen LogP contribution < -0.4 is 15.8 Å². The van der Waals surface area contributed by atoms with Crippen molar-refractivity contribution in [3.63, 3.8) is 0 Å². The molecule has 0 saturated carbocycles. The third kappa shape index (κ3) is 5.98. The number of fused-ring (bicyclic) bond motifs is 1. The Bertz CT molecular complexity index is 1380. The molecule has 12 heteroatoms. The molecule has 1 atom stereocenters. The van der Waals surface area contributed by atoms with Crippen LogP contribution in [0.5, 0.6) is 5.75 Å². The number of nitrogens with one attached hydrogen (secondary N) is 1. The molecular formula is C25H27FN8O3. The van der Waals surface area contributed by atoms with Gasteiger partial charge in [-0.05, 0) is 36.2 Å². The molecule has 5 rings (SSSR count). The number of benzene rings is 2. The van der Waals surface area contributed by atoms with Gasteiger partial charge in [0.15, 0.2) is 11.9 Å². The molecule has 37 heavy (non-hydrogen) atoms. The standard InChI is InChI=1S/C25H27FN8O3/c26-18-4-1-3-17(13-18)23(24(27)35)34-15-22(31-32-34)30-25-20-6-5-19(14-21(20)28-16-29-25)37-10-2-7-33-8-11-36-12-9-33/h1,3-6,13-16,23H,2,7-12H2,(H2,27,35)(H,28,29,30). The van der Waals surface area contributed by atoms with Gasteiger partial charge >= 0.3 is 0 Å². The van der Waals surface area contributed by atoms with Crippen molar-refractivity contribution in [2.45, 2.75) is 12.5 Å². The number of primary amides is 1. The molecule has 0 bridgehead atoms. The zero-order valence-corrected chi connectivity index (χ0v) is 20.1. The zero-order chi connectivity index (χ0) is 25.6. The summed E-state index contributed by atoms with van der Waals surface area (Å²) in [4.78, 5) is 23.2. The zero-order valence-electron chi connectivity index (χ0n) is 20.1. The maximum absolute atomic E-state index is 13.7. The first-order chi connectivity index (χ1) is 18.1. The van der Waals surface area contributed by atoms with E-state index in [2.05, 4.69) is 30.5 Å². The van der Waals surface area contributed by atoms with Crippen molar-refractivity contribution >= 4 is 28.4 Å². The highest BCUT2D eigenvalue weighted by Gasteiger charge is 2.22. The van der Waals surface area contributed by atoms with Gasteiger partial charge in [-0.25, -0.2) is 19.0 Å². The van der Waals surface area contributed by atoms with Crippen LogP contribution >= 0.6 is 0 Å². The molecule has 192 valence electrons. The van der Waals surface area contributed by atoms with Gasteiger partial charge in [0.05, 0.1) is 31.5 Å². The van der Waals surface area contributed by atoms with Crippen LogP contribution in [0.25, 0.3) is 10.9 Å². The number of hydrogen-bond donors (Lipinski definition) is 2. The van der Waals surface area contributed by atoms with Gasteiger partial charge in [0.25, 0.3) is 0 Å². The van der Waals surface area contributed by atoms with Crippen LogP contribution in [-0.2, 0) is 9.53 Å². The maximum atomic E-state index is 13.7. The van der Waals surface area contributed by atoms with Crippen LogP contribution in [0.15, 0.2) is 55.0 Å². The highest BCUT2D eigenvalue weighted by Crippen LogP contribution is 2.26. The van der Waals surface area contributed by atoms with E-state index in [-0.39, 0.29) is 0 Å². The molecule has 1 amide bonds. The van der Waals surface area contributed by atoms with E-state index in [1.165, 1.54) is 35.4 Å². The Morgan fingerprint density at radius 3 is 2.86 bits per heavy atom. The van der Waals surface area contributed by atoms with Gasteiger partial charge in [0, 0.05) is 31.1 Å². The van der Waals surface area contributed by atoms with Crippen molar-refractivity contribution in [2.24, 2.45) is 5.73 Å².